The summed E-state index contributed by atoms with van der Waals surface area (Å²) in [4.78, 5) is 12.0. The molecule has 6 nitrogen and oxygen atoms in total. The third kappa shape index (κ3) is 4.64. The van der Waals surface area contributed by atoms with Gasteiger partial charge in [-0.15, -0.1) is 22.6 Å². The molecule has 1 atom stereocenters. The molecule has 1 aromatic rings. The Bertz CT molecular complexity index is 527. The summed E-state index contributed by atoms with van der Waals surface area (Å²) in [5, 5.41) is 16.0. The lowest BCUT2D eigenvalue weighted by molar-refractivity contribution is -0.122. The van der Waals surface area contributed by atoms with Crippen molar-refractivity contribution in [2.75, 3.05) is 19.3 Å². The lowest BCUT2D eigenvalue weighted by atomic mass is 10.2. The second kappa shape index (κ2) is 9.63. The average molecular weight is 374 g/mol. The molecule has 2 fully saturated rings. The molecule has 1 saturated heterocycles. The van der Waals surface area contributed by atoms with Crippen molar-refractivity contribution in [3.8, 4) is 0 Å². The van der Waals surface area contributed by atoms with Crippen LogP contribution in [0.5, 0.6) is 0 Å². The Morgan fingerprint density at radius 2 is 2.08 bits per heavy atom. The second-order valence-corrected chi connectivity index (χ2v) is 7.23. The van der Waals surface area contributed by atoms with Crippen LogP contribution in [0.25, 0.3) is 0 Å². The lowest BCUT2D eigenvalue weighted by Crippen LogP contribution is -2.40. The van der Waals surface area contributed by atoms with Crippen molar-refractivity contribution in [1.82, 2.24) is 25.4 Å². The number of carbonyl (C=O) groups is 1. The van der Waals surface area contributed by atoms with Gasteiger partial charge in [0.2, 0.25) is 5.91 Å². The van der Waals surface area contributed by atoms with Crippen molar-refractivity contribution in [2.24, 2.45) is 0 Å². The lowest BCUT2D eigenvalue weighted by Gasteiger charge is -2.16. The zero-order valence-corrected chi connectivity index (χ0v) is 15.9. The molecule has 1 aliphatic heterocycles. The van der Waals surface area contributed by atoms with Crippen LogP contribution in [0, 0.1) is 0 Å². The monoisotopic (exact) mass is 373 g/mol. The first-order chi connectivity index (χ1) is 11.3. The summed E-state index contributed by atoms with van der Waals surface area (Å²) in [6, 6.07) is 0.583. The van der Waals surface area contributed by atoms with Crippen molar-refractivity contribution in [2.45, 2.75) is 68.6 Å². The van der Waals surface area contributed by atoms with Crippen LogP contribution in [0.3, 0.4) is 0 Å². The molecule has 0 bridgehead atoms. The van der Waals surface area contributed by atoms with E-state index in [1.807, 2.05) is 0 Å². The minimum Gasteiger partial charge on any atom is -0.355 e. The molecule has 2 aliphatic rings. The van der Waals surface area contributed by atoms with Crippen molar-refractivity contribution in [1.29, 1.82) is 0 Å². The van der Waals surface area contributed by atoms with Gasteiger partial charge in [0.25, 0.3) is 0 Å². The predicted molar refractivity (Wildman–Crippen MR) is 98.9 cm³/mol. The predicted octanol–water partition coefficient (Wildman–Crippen LogP) is 2.34. The molecule has 2 N–H and O–H groups in total. The van der Waals surface area contributed by atoms with Crippen molar-refractivity contribution in [3.05, 3.63) is 5.82 Å². The van der Waals surface area contributed by atoms with Crippen LogP contribution in [-0.2, 0) is 11.2 Å². The van der Waals surface area contributed by atoms with Gasteiger partial charge >= 0.3 is 0 Å². The van der Waals surface area contributed by atoms with E-state index in [0.29, 0.717) is 12.6 Å². The van der Waals surface area contributed by atoms with Gasteiger partial charge in [-0.1, -0.05) is 24.6 Å². The number of hydrogen-bond donors (Lipinski definition) is 2. The van der Waals surface area contributed by atoms with E-state index < -0.39 is 0 Å². The van der Waals surface area contributed by atoms with Gasteiger partial charge in [0.1, 0.15) is 5.82 Å². The van der Waals surface area contributed by atoms with E-state index in [1.54, 1.807) is 11.8 Å². The van der Waals surface area contributed by atoms with Gasteiger partial charge in [0, 0.05) is 19.0 Å². The summed E-state index contributed by atoms with van der Waals surface area (Å²) < 4.78 is 2.35. The highest BCUT2D eigenvalue weighted by molar-refractivity contribution is 7.98. The van der Waals surface area contributed by atoms with Gasteiger partial charge < -0.3 is 15.2 Å². The highest BCUT2D eigenvalue weighted by Crippen LogP contribution is 2.33. The quantitative estimate of drug-likeness (QED) is 0.567. The fraction of sp³-hybridized carbons (Fsp3) is 0.812. The molecule has 8 heteroatoms. The largest absolute Gasteiger partial charge is 0.355 e. The summed E-state index contributed by atoms with van der Waals surface area (Å²) in [7, 11) is 0. The van der Waals surface area contributed by atoms with E-state index >= 15 is 0 Å². The smallest absolute Gasteiger partial charge is 0.237 e. The van der Waals surface area contributed by atoms with Crippen LogP contribution < -0.4 is 10.6 Å². The number of hydrogen-bond acceptors (Lipinski definition) is 5. The van der Waals surface area contributed by atoms with Gasteiger partial charge in [0.15, 0.2) is 5.16 Å². The Morgan fingerprint density at radius 1 is 1.29 bits per heavy atom. The molecule has 1 saturated carbocycles. The standard InChI is InChI=1S/C16H27N5OS.ClH/c1-23-16-20-19-14(21(16)12-6-2-3-7-12)9-5-11-18-15(22)13-8-4-10-17-13;/h12-13,17H,2-11H2,1H3,(H,18,22);1H. The molecule has 0 spiro atoms. The highest BCUT2D eigenvalue weighted by Gasteiger charge is 2.24. The molecular formula is C16H28ClN5OS. The van der Waals surface area contributed by atoms with E-state index in [9.17, 15) is 4.79 Å². The van der Waals surface area contributed by atoms with Crippen LogP contribution in [-0.4, -0.2) is 46.1 Å². The van der Waals surface area contributed by atoms with E-state index in [0.717, 1.165) is 43.2 Å². The first-order valence-corrected chi connectivity index (χ1v) is 10.0. The number of rotatable bonds is 7. The number of carbonyl (C=O) groups excluding carboxylic acids is 1. The first-order valence-electron chi connectivity index (χ1n) is 8.78. The van der Waals surface area contributed by atoms with Crippen LogP contribution in [0.4, 0.5) is 0 Å². The molecule has 0 aromatic carbocycles. The Balaban J connectivity index is 0.00000208. The normalized spacial score (nSPS) is 21.0. The van der Waals surface area contributed by atoms with Crippen molar-refractivity contribution < 1.29 is 4.79 Å². The molecule has 1 aromatic heterocycles. The number of amides is 1. The molecule has 3 rings (SSSR count). The number of thioether (sulfide) groups is 1. The molecule has 136 valence electrons. The summed E-state index contributed by atoms with van der Waals surface area (Å²) >= 11 is 1.68. The number of aryl methyl sites for hydroxylation is 1. The fourth-order valence-corrected chi connectivity index (χ4v) is 4.21. The number of halogens is 1. The highest BCUT2D eigenvalue weighted by atomic mass is 35.5. The van der Waals surface area contributed by atoms with E-state index in [1.165, 1.54) is 25.7 Å². The summed E-state index contributed by atoms with van der Waals surface area (Å²) in [6.07, 6.45) is 11.0. The average Bonchev–Trinajstić information content (AvgIpc) is 3.32. The molecule has 2 heterocycles. The van der Waals surface area contributed by atoms with Crippen LogP contribution in [0.15, 0.2) is 5.16 Å². The molecule has 0 radical (unpaired) electrons. The molecular weight excluding hydrogens is 346 g/mol. The molecule has 1 aliphatic carbocycles. The van der Waals surface area contributed by atoms with Gasteiger partial charge in [0.05, 0.1) is 6.04 Å². The third-order valence-corrected chi connectivity index (χ3v) is 5.50. The Morgan fingerprint density at radius 3 is 2.75 bits per heavy atom. The molecule has 1 unspecified atom stereocenters. The van der Waals surface area contributed by atoms with Crippen molar-refractivity contribution in [3.63, 3.8) is 0 Å². The van der Waals surface area contributed by atoms with E-state index in [2.05, 4.69) is 31.7 Å². The SMILES string of the molecule is CSc1nnc(CCCNC(=O)C2CCCN2)n1C1CCCC1.Cl. The van der Waals surface area contributed by atoms with Crippen LogP contribution in [0.1, 0.15) is 56.8 Å². The maximum atomic E-state index is 12.0. The van der Waals surface area contributed by atoms with Gasteiger partial charge in [-0.25, -0.2) is 0 Å². The number of nitrogens with zero attached hydrogens (tertiary/aromatic N) is 3. The zero-order valence-electron chi connectivity index (χ0n) is 14.3. The van der Waals surface area contributed by atoms with Crippen LogP contribution in [0.2, 0.25) is 0 Å². The minimum absolute atomic E-state index is 0. The third-order valence-electron chi connectivity index (χ3n) is 4.86. The van der Waals surface area contributed by atoms with Gasteiger partial charge in [-0.3, -0.25) is 4.79 Å². The molecule has 1 amide bonds. The maximum Gasteiger partial charge on any atom is 0.237 e. The van der Waals surface area contributed by atoms with Gasteiger partial charge in [-0.2, -0.15) is 0 Å². The van der Waals surface area contributed by atoms with Crippen molar-refractivity contribution >= 4 is 30.1 Å². The van der Waals surface area contributed by atoms with E-state index in [-0.39, 0.29) is 24.4 Å². The number of aromatic nitrogens is 3. The van der Waals surface area contributed by atoms with E-state index in [4.69, 9.17) is 0 Å². The Hall–Kier alpha value is -0.790. The topological polar surface area (TPSA) is 71.8 Å². The Labute approximate surface area is 154 Å². The van der Waals surface area contributed by atoms with Crippen LogP contribution >= 0.6 is 24.2 Å². The second-order valence-electron chi connectivity index (χ2n) is 6.45. The zero-order chi connectivity index (χ0) is 16.1. The summed E-state index contributed by atoms with van der Waals surface area (Å²) in [5.41, 5.74) is 0. The molecule has 24 heavy (non-hydrogen) atoms. The van der Waals surface area contributed by atoms with Gasteiger partial charge in [-0.05, 0) is 44.9 Å². The fourth-order valence-electron chi connectivity index (χ4n) is 3.64. The maximum absolute atomic E-state index is 12.0. The summed E-state index contributed by atoms with van der Waals surface area (Å²) in [6.45, 7) is 1.67. The Kier molecular flexibility index (Phi) is 7.84. The minimum atomic E-state index is 0. The summed E-state index contributed by atoms with van der Waals surface area (Å²) in [5.74, 6) is 1.22. The first kappa shape index (κ1) is 19.5. The number of nitrogens with one attached hydrogen (secondary N) is 2.